The first-order chi connectivity index (χ1) is 6.68. The first-order valence-corrected chi connectivity index (χ1v) is 4.16. The Bertz CT molecular complexity index is 239. The summed E-state index contributed by atoms with van der Waals surface area (Å²) in [6.45, 7) is 4.10. The smallest absolute Gasteiger partial charge is 0.325 e. The summed E-state index contributed by atoms with van der Waals surface area (Å²) >= 11 is 0. The van der Waals surface area contributed by atoms with Gasteiger partial charge in [-0.15, -0.1) is 0 Å². The van der Waals surface area contributed by atoms with E-state index in [1.54, 1.807) is 0 Å². The summed E-state index contributed by atoms with van der Waals surface area (Å²) in [6, 6.07) is -1.52. The molecule has 0 bridgehead atoms. The summed E-state index contributed by atoms with van der Waals surface area (Å²) < 4.78 is 0. The van der Waals surface area contributed by atoms with Crippen LogP contribution in [0, 0.1) is 0 Å². The average molecular weight is 220 g/mol. The SMILES string of the molecule is CC(=O)N[C@@H](C)C(=O)O.C[C@H](N)C(=O)O. The molecule has 1 amide bonds. The van der Waals surface area contributed by atoms with Crippen LogP contribution in [0.3, 0.4) is 0 Å². The van der Waals surface area contributed by atoms with Gasteiger partial charge in [-0.05, 0) is 13.8 Å². The lowest BCUT2D eigenvalue weighted by Crippen LogP contribution is -2.36. The molecule has 0 aromatic heterocycles. The minimum Gasteiger partial charge on any atom is -0.480 e. The fraction of sp³-hybridized carbons (Fsp3) is 0.625. The molecule has 0 spiro atoms. The van der Waals surface area contributed by atoms with Crippen LogP contribution in [0.2, 0.25) is 0 Å². The first kappa shape index (κ1) is 15.8. The number of amides is 1. The van der Waals surface area contributed by atoms with Crippen molar-refractivity contribution in [2.24, 2.45) is 5.73 Å². The van der Waals surface area contributed by atoms with E-state index in [2.05, 4.69) is 5.32 Å². The molecule has 0 heterocycles. The van der Waals surface area contributed by atoms with Crippen LogP contribution in [0.1, 0.15) is 20.8 Å². The van der Waals surface area contributed by atoms with Crippen LogP contribution in [-0.4, -0.2) is 40.1 Å². The average Bonchev–Trinajstić information content (AvgIpc) is 2.03. The van der Waals surface area contributed by atoms with Gasteiger partial charge in [-0.25, -0.2) is 0 Å². The number of aliphatic carboxylic acids is 2. The van der Waals surface area contributed by atoms with E-state index >= 15 is 0 Å². The molecule has 2 atom stereocenters. The van der Waals surface area contributed by atoms with E-state index in [1.165, 1.54) is 20.8 Å². The molecule has 0 radical (unpaired) electrons. The molecule has 0 saturated heterocycles. The van der Waals surface area contributed by atoms with Gasteiger partial charge in [0.1, 0.15) is 12.1 Å². The van der Waals surface area contributed by atoms with Gasteiger partial charge in [0.2, 0.25) is 5.91 Å². The second kappa shape index (κ2) is 7.74. The normalized spacial score (nSPS) is 12.8. The van der Waals surface area contributed by atoms with Crippen molar-refractivity contribution in [1.29, 1.82) is 0 Å². The number of hydrogen-bond acceptors (Lipinski definition) is 4. The molecule has 7 nitrogen and oxygen atoms in total. The third kappa shape index (κ3) is 12.4. The van der Waals surface area contributed by atoms with Gasteiger partial charge in [-0.2, -0.15) is 0 Å². The fourth-order valence-corrected chi connectivity index (χ4v) is 0.367. The topological polar surface area (TPSA) is 130 Å². The number of nitrogens with one attached hydrogen (secondary N) is 1. The molecule has 0 aliphatic heterocycles. The highest BCUT2D eigenvalue weighted by atomic mass is 16.4. The second-order valence-electron chi connectivity index (χ2n) is 2.89. The molecule has 0 aromatic carbocycles. The highest BCUT2D eigenvalue weighted by Crippen LogP contribution is 1.78. The van der Waals surface area contributed by atoms with Gasteiger partial charge in [0, 0.05) is 6.92 Å². The summed E-state index contributed by atoms with van der Waals surface area (Å²) in [5.74, 6) is -2.31. The van der Waals surface area contributed by atoms with Crippen molar-refractivity contribution in [3.05, 3.63) is 0 Å². The van der Waals surface area contributed by atoms with E-state index in [0.29, 0.717) is 0 Å². The van der Waals surface area contributed by atoms with Crippen LogP contribution in [0.25, 0.3) is 0 Å². The molecule has 0 aliphatic carbocycles. The highest BCUT2D eigenvalue weighted by molar-refractivity contribution is 5.81. The summed E-state index contributed by atoms with van der Waals surface area (Å²) in [4.78, 5) is 29.8. The number of carbonyl (C=O) groups excluding carboxylic acids is 1. The van der Waals surface area contributed by atoms with E-state index in [0.717, 1.165) is 0 Å². The van der Waals surface area contributed by atoms with Crippen molar-refractivity contribution in [3.63, 3.8) is 0 Å². The molecular weight excluding hydrogens is 204 g/mol. The van der Waals surface area contributed by atoms with Gasteiger partial charge in [-0.1, -0.05) is 0 Å². The number of carbonyl (C=O) groups is 3. The molecule has 5 N–H and O–H groups in total. The third-order valence-corrected chi connectivity index (χ3v) is 1.18. The molecule has 0 aromatic rings. The Morgan fingerprint density at radius 1 is 1.13 bits per heavy atom. The van der Waals surface area contributed by atoms with Crippen molar-refractivity contribution in [3.8, 4) is 0 Å². The Kier molecular flexibility index (Phi) is 8.17. The van der Waals surface area contributed by atoms with E-state index in [4.69, 9.17) is 15.9 Å². The van der Waals surface area contributed by atoms with Gasteiger partial charge in [-0.3, -0.25) is 14.4 Å². The van der Waals surface area contributed by atoms with Gasteiger partial charge < -0.3 is 21.3 Å². The quantitative estimate of drug-likeness (QED) is 0.483. The van der Waals surface area contributed by atoms with E-state index in [-0.39, 0.29) is 5.91 Å². The zero-order valence-corrected chi connectivity index (χ0v) is 8.85. The molecule has 7 heteroatoms. The van der Waals surface area contributed by atoms with Crippen molar-refractivity contribution < 1.29 is 24.6 Å². The molecular formula is C8H16N2O5. The van der Waals surface area contributed by atoms with E-state index in [1.807, 2.05) is 0 Å². The van der Waals surface area contributed by atoms with Crippen LogP contribution in [-0.2, 0) is 14.4 Å². The monoisotopic (exact) mass is 220 g/mol. The van der Waals surface area contributed by atoms with E-state index < -0.39 is 24.0 Å². The van der Waals surface area contributed by atoms with Gasteiger partial charge >= 0.3 is 11.9 Å². The highest BCUT2D eigenvalue weighted by Gasteiger charge is 2.09. The van der Waals surface area contributed by atoms with Crippen molar-refractivity contribution in [2.45, 2.75) is 32.9 Å². The molecule has 0 rings (SSSR count). The van der Waals surface area contributed by atoms with Crippen molar-refractivity contribution >= 4 is 17.8 Å². The lowest BCUT2D eigenvalue weighted by Gasteiger charge is -2.04. The zero-order valence-electron chi connectivity index (χ0n) is 8.85. The largest absolute Gasteiger partial charge is 0.480 e. The standard InChI is InChI=1S/C5H9NO3.C3H7NO2/c1-3(5(8)9)6-4(2)7;1-2(4)3(5)6/h3H,1-2H3,(H,6,7)(H,8,9);2H,4H2,1H3,(H,5,6)/t3-;2-/m00/s1. The maximum absolute atomic E-state index is 10.2. The summed E-state index contributed by atoms with van der Waals surface area (Å²) in [5.41, 5.74) is 4.84. The minimum atomic E-state index is -1.02. The first-order valence-electron chi connectivity index (χ1n) is 4.16. The van der Waals surface area contributed by atoms with Crippen molar-refractivity contribution in [1.82, 2.24) is 5.32 Å². The van der Waals surface area contributed by atoms with E-state index in [9.17, 15) is 14.4 Å². The Hall–Kier alpha value is -1.63. The Labute approximate surface area is 87.3 Å². The summed E-state index contributed by atoms with van der Waals surface area (Å²) in [6.07, 6.45) is 0. The van der Waals surface area contributed by atoms with Crippen LogP contribution in [0.15, 0.2) is 0 Å². The minimum absolute atomic E-state index is 0.329. The number of nitrogens with two attached hydrogens (primary N) is 1. The lowest BCUT2D eigenvalue weighted by molar-refractivity contribution is -0.141. The predicted octanol–water partition coefficient (Wildman–Crippen LogP) is -0.986. The Morgan fingerprint density at radius 3 is 1.53 bits per heavy atom. The number of hydrogen-bond donors (Lipinski definition) is 4. The summed E-state index contributed by atoms with van der Waals surface area (Å²) in [7, 11) is 0. The lowest BCUT2D eigenvalue weighted by atomic mass is 10.3. The number of carboxylic acids is 2. The molecule has 0 aliphatic rings. The fourth-order valence-electron chi connectivity index (χ4n) is 0.367. The number of carboxylic acid groups (broad SMARTS) is 2. The molecule has 0 unspecified atom stereocenters. The van der Waals surface area contributed by atoms with Crippen LogP contribution in [0.5, 0.6) is 0 Å². The third-order valence-electron chi connectivity index (χ3n) is 1.18. The summed E-state index contributed by atoms with van der Waals surface area (Å²) in [5, 5.41) is 18.3. The van der Waals surface area contributed by atoms with Gasteiger partial charge in [0.25, 0.3) is 0 Å². The second-order valence-corrected chi connectivity index (χ2v) is 2.89. The van der Waals surface area contributed by atoms with Crippen LogP contribution >= 0.6 is 0 Å². The van der Waals surface area contributed by atoms with Gasteiger partial charge in [0.05, 0.1) is 0 Å². The molecule has 15 heavy (non-hydrogen) atoms. The predicted molar refractivity (Wildman–Crippen MR) is 52.2 cm³/mol. The number of rotatable bonds is 3. The molecule has 0 saturated carbocycles. The molecule has 0 fully saturated rings. The maximum Gasteiger partial charge on any atom is 0.325 e. The zero-order chi connectivity index (χ0) is 12.6. The Balaban J connectivity index is 0. The van der Waals surface area contributed by atoms with Crippen LogP contribution in [0.4, 0.5) is 0 Å². The van der Waals surface area contributed by atoms with Gasteiger partial charge in [0.15, 0.2) is 0 Å². The Morgan fingerprint density at radius 2 is 1.47 bits per heavy atom. The maximum atomic E-state index is 10.2. The molecule has 88 valence electrons. The van der Waals surface area contributed by atoms with Crippen molar-refractivity contribution in [2.75, 3.05) is 0 Å². The van der Waals surface area contributed by atoms with Crippen LogP contribution < -0.4 is 11.1 Å².